The van der Waals surface area contributed by atoms with Crippen molar-refractivity contribution in [2.45, 2.75) is 63.7 Å². The van der Waals surface area contributed by atoms with Crippen LogP contribution in [0.2, 0.25) is 0 Å². The zero-order chi connectivity index (χ0) is 18.6. The van der Waals surface area contributed by atoms with Crippen LogP contribution in [0.3, 0.4) is 0 Å². The predicted octanol–water partition coefficient (Wildman–Crippen LogP) is 4.37. The summed E-state index contributed by atoms with van der Waals surface area (Å²) < 4.78 is 38.0. The molecule has 3 nitrogen and oxygen atoms in total. The molecule has 144 valence electrons. The number of amides is 1. The summed E-state index contributed by atoms with van der Waals surface area (Å²) in [5.41, 5.74) is 0.232. The lowest BCUT2D eigenvalue weighted by molar-refractivity contribution is -0.137. The van der Waals surface area contributed by atoms with Crippen LogP contribution in [0.5, 0.6) is 0 Å². The van der Waals surface area contributed by atoms with Crippen molar-refractivity contribution in [2.24, 2.45) is 5.92 Å². The zero-order valence-corrected chi connectivity index (χ0v) is 15.0. The minimum absolute atomic E-state index is 0.0138. The summed E-state index contributed by atoms with van der Waals surface area (Å²) >= 11 is 0. The van der Waals surface area contributed by atoms with Gasteiger partial charge in [0, 0.05) is 19.1 Å². The number of nitrogens with zero attached hydrogens (tertiary/aromatic N) is 1. The number of alkyl halides is 3. The highest BCUT2D eigenvalue weighted by Crippen LogP contribution is 2.29. The predicted molar refractivity (Wildman–Crippen MR) is 94.5 cm³/mol. The van der Waals surface area contributed by atoms with E-state index in [2.05, 4.69) is 10.2 Å². The number of halogens is 3. The van der Waals surface area contributed by atoms with Crippen molar-refractivity contribution in [2.75, 3.05) is 13.1 Å². The third-order valence-electron chi connectivity index (χ3n) is 5.52. The summed E-state index contributed by atoms with van der Waals surface area (Å²) in [5.74, 6) is 0.133. The van der Waals surface area contributed by atoms with Gasteiger partial charge in [0.05, 0.1) is 11.5 Å². The Morgan fingerprint density at radius 3 is 2.38 bits per heavy atom. The molecule has 0 aromatic heterocycles. The fraction of sp³-hybridized carbons (Fsp3) is 0.650. The summed E-state index contributed by atoms with van der Waals surface area (Å²) in [7, 11) is 0. The second kappa shape index (κ2) is 8.42. The van der Waals surface area contributed by atoms with E-state index in [-0.39, 0.29) is 11.8 Å². The molecule has 0 spiro atoms. The van der Waals surface area contributed by atoms with E-state index in [1.54, 1.807) is 0 Å². The van der Waals surface area contributed by atoms with Crippen molar-refractivity contribution in [3.05, 3.63) is 35.4 Å². The molecular weight excluding hydrogens is 341 g/mol. The first-order chi connectivity index (χ1) is 12.4. The van der Waals surface area contributed by atoms with Gasteiger partial charge >= 0.3 is 6.18 Å². The van der Waals surface area contributed by atoms with Crippen LogP contribution >= 0.6 is 0 Å². The van der Waals surface area contributed by atoms with Crippen LogP contribution < -0.4 is 5.32 Å². The number of likely N-dealkylation sites (tertiary alicyclic amines) is 1. The van der Waals surface area contributed by atoms with Gasteiger partial charge in [0.2, 0.25) is 5.91 Å². The molecule has 1 aliphatic heterocycles. The van der Waals surface area contributed by atoms with Crippen molar-refractivity contribution >= 4 is 5.91 Å². The Bertz CT molecular complexity index is 594. The lowest BCUT2D eigenvalue weighted by atomic mass is 9.93. The molecule has 26 heavy (non-hydrogen) atoms. The Morgan fingerprint density at radius 1 is 1.04 bits per heavy atom. The molecule has 1 saturated carbocycles. The highest BCUT2D eigenvalue weighted by molar-refractivity contribution is 5.79. The van der Waals surface area contributed by atoms with Crippen molar-refractivity contribution in [1.82, 2.24) is 10.2 Å². The van der Waals surface area contributed by atoms with Crippen LogP contribution in [0.4, 0.5) is 13.2 Å². The first-order valence-corrected chi connectivity index (χ1v) is 9.61. The van der Waals surface area contributed by atoms with E-state index in [9.17, 15) is 18.0 Å². The van der Waals surface area contributed by atoms with Crippen molar-refractivity contribution in [3.8, 4) is 0 Å². The highest BCUT2D eigenvalue weighted by atomic mass is 19.4. The van der Waals surface area contributed by atoms with Crippen LogP contribution in [-0.2, 0) is 17.5 Å². The number of carbonyl (C=O) groups is 1. The van der Waals surface area contributed by atoms with Gasteiger partial charge in [-0.05, 0) is 49.9 Å². The number of nitrogens with one attached hydrogen (secondary N) is 1. The van der Waals surface area contributed by atoms with Crippen molar-refractivity contribution < 1.29 is 18.0 Å². The molecule has 1 N–H and O–H groups in total. The van der Waals surface area contributed by atoms with E-state index in [1.807, 2.05) is 0 Å². The maximum Gasteiger partial charge on any atom is 0.416 e. The second-order valence-electron chi connectivity index (χ2n) is 7.61. The molecule has 1 atom stereocenters. The summed E-state index contributed by atoms with van der Waals surface area (Å²) in [5, 5.41) is 3.21. The molecule has 2 aliphatic rings. The van der Waals surface area contributed by atoms with E-state index in [0.717, 1.165) is 49.9 Å². The molecule has 3 rings (SSSR count). The van der Waals surface area contributed by atoms with E-state index in [1.165, 1.54) is 31.4 Å². The molecule has 6 heteroatoms. The van der Waals surface area contributed by atoms with Gasteiger partial charge in [0.1, 0.15) is 0 Å². The summed E-state index contributed by atoms with van der Waals surface area (Å²) in [6, 6.07) is 5.66. The molecular formula is C20H27F3N2O. The third kappa shape index (κ3) is 5.22. The number of rotatable bonds is 4. The minimum atomic E-state index is -4.30. The van der Waals surface area contributed by atoms with Gasteiger partial charge in [-0.1, -0.05) is 31.4 Å². The van der Waals surface area contributed by atoms with Crippen LogP contribution in [-0.4, -0.2) is 29.9 Å². The molecule has 0 radical (unpaired) electrons. The Hall–Kier alpha value is -1.56. The quantitative estimate of drug-likeness (QED) is 0.856. The van der Waals surface area contributed by atoms with E-state index in [0.29, 0.717) is 19.1 Å². The summed E-state index contributed by atoms with van der Waals surface area (Å²) in [4.78, 5) is 14.7. The smallest absolute Gasteiger partial charge is 0.353 e. The van der Waals surface area contributed by atoms with E-state index >= 15 is 0 Å². The third-order valence-corrected chi connectivity index (χ3v) is 5.52. The Balaban J connectivity index is 1.52. The molecule has 1 aromatic rings. The first-order valence-electron chi connectivity index (χ1n) is 9.61. The second-order valence-corrected chi connectivity index (χ2v) is 7.61. The molecule has 1 saturated heterocycles. The SMILES string of the molecule is O=C(NC1CCCCC1)C1CCCN(Cc2ccc(C(F)(F)F)cc2)C1. The van der Waals surface area contributed by atoms with Gasteiger partial charge in [-0.25, -0.2) is 0 Å². The van der Waals surface area contributed by atoms with Crippen molar-refractivity contribution in [1.29, 1.82) is 0 Å². The fourth-order valence-electron chi connectivity index (χ4n) is 4.04. The molecule has 1 unspecified atom stereocenters. The first kappa shape index (κ1) is 19.2. The minimum Gasteiger partial charge on any atom is -0.353 e. The number of hydrogen-bond acceptors (Lipinski definition) is 2. The van der Waals surface area contributed by atoms with Gasteiger partial charge < -0.3 is 5.32 Å². The van der Waals surface area contributed by atoms with Gasteiger partial charge in [0.15, 0.2) is 0 Å². The monoisotopic (exact) mass is 368 g/mol. The Kier molecular flexibility index (Phi) is 6.22. The fourth-order valence-corrected chi connectivity index (χ4v) is 4.04. The average molecular weight is 368 g/mol. The Morgan fingerprint density at radius 2 is 1.73 bits per heavy atom. The van der Waals surface area contributed by atoms with Gasteiger partial charge in [-0.15, -0.1) is 0 Å². The number of piperidine rings is 1. The number of benzene rings is 1. The van der Waals surface area contributed by atoms with Crippen LogP contribution in [0.25, 0.3) is 0 Å². The lowest BCUT2D eigenvalue weighted by Gasteiger charge is -2.33. The molecule has 1 heterocycles. The largest absolute Gasteiger partial charge is 0.416 e. The van der Waals surface area contributed by atoms with Gasteiger partial charge in [-0.3, -0.25) is 9.69 Å². The molecule has 1 aromatic carbocycles. The highest BCUT2D eigenvalue weighted by Gasteiger charge is 2.30. The normalized spacial score (nSPS) is 23.0. The van der Waals surface area contributed by atoms with Gasteiger partial charge in [0.25, 0.3) is 0 Å². The molecule has 1 aliphatic carbocycles. The number of hydrogen-bond donors (Lipinski definition) is 1. The van der Waals surface area contributed by atoms with Crippen LogP contribution in [0, 0.1) is 5.92 Å². The molecule has 2 fully saturated rings. The lowest BCUT2D eigenvalue weighted by Crippen LogP contribution is -2.46. The number of carbonyl (C=O) groups excluding carboxylic acids is 1. The maximum absolute atomic E-state index is 12.7. The van der Waals surface area contributed by atoms with E-state index < -0.39 is 11.7 Å². The Labute approximate surface area is 152 Å². The van der Waals surface area contributed by atoms with Crippen molar-refractivity contribution in [3.63, 3.8) is 0 Å². The zero-order valence-electron chi connectivity index (χ0n) is 15.0. The maximum atomic E-state index is 12.7. The van der Waals surface area contributed by atoms with Crippen LogP contribution in [0.1, 0.15) is 56.1 Å². The van der Waals surface area contributed by atoms with Crippen LogP contribution in [0.15, 0.2) is 24.3 Å². The summed E-state index contributed by atoms with van der Waals surface area (Å²) in [6.07, 6.45) is 3.33. The van der Waals surface area contributed by atoms with Gasteiger partial charge in [-0.2, -0.15) is 13.2 Å². The molecule has 1 amide bonds. The van der Waals surface area contributed by atoms with E-state index in [4.69, 9.17) is 0 Å². The summed E-state index contributed by atoms with van der Waals surface area (Å²) in [6.45, 7) is 2.15. The molecule has 0 bridgehead atoms. The standard InChI is InChI=1S/C20H27F3N2O/c21-20(22,23)17-10-8-15(9-11-17)13-25-12-4-5-16(14-25)19(26)24-18-6-2-1-3-7-18/h8-11,16,18H,1-7,12-14H2,(H,24,26). The topological polar surface area (TPSA) is 32.3 Å². The average Bonchev–Trinajstić information content (AvgIpc) is 2.62.